The predicted octanol–water partition coefficient (Wildman–Crippen LogP) is 6.31. The Bertz CT molecular complexity index is 729. The third-order valence-corrected chi connectivity index (χ3v) is 3.56. The predicted molar refractivity (Wildman–Crippen MR) is 93.1 cm³/mol. The van der Waals surface area contributed by atoms with Gasteiger partial charge in [0.1, 0.15) is 5.75 Å². The van der Waals surface area contributed by atoms with Crippen molar-refractivity contribution in [3.63, 3.8) is 0 Å². The number of rotatable bonds is 6. The maximum Gasteiger partial charge on any atom is 0.311 e. The van der Waals surface area contributed by atoms with Gasteiger partial charge in [-0.2, -0.15) is 0 Å². The second kappa shape index (κ2) is 8.25. The topological polar surface area (TPSA) is 35.5 Å². The van der Waals surface area contributed by atoms with Crippen molar-refractivity contribution in [2.45, 2.75) is 12.8 Å². The highest BCUT2D eigenvalue weighted by Crippen LogP contribution is 2.37. The van der Waals surface area contributed by atoms with Crippen LogP contribution in [0.15, 0.2) is 49.1 Å². The molecule has 0 bridgehead atoms. The fraction of sp³-hybridized carbons (Fsp3) is 0.118. The molecule has 0 spiro atoms. The van der Waals surface area contributed by atoms with Crippen LogP contribution in [0, 0.1) is 0 Å². The number of hydrogen-bond donors (Lipinski definition) is 0. The molecule has 2 aromatic carbocycles. The average molecular weight is 372 g/mol. The van der Waals surface area contributed by atoms with E-state index >= 15 is 0 Å². The van der Waals surface area contributed by atoms with Gasteiger partial charge in [0.05, 0.1) is 5.02 Å². The minimum Gasteiger partial charge on any atom is -0.452 e. The largest absolute Gasteiger partial charge is 0.452 e. The molecule has 0 aliphatic carbocycles. The third kappa shape index (κ3) is 5.17. The van der Waals surface area contributed by atoms with Crippen LogP contribution >= 0.6 is 34.8 Å². The third-order valence-electron chi connectivity index (χ3n) is 2.80. The number of hydrogen-bond acceptors (Lipinski definition) is 3. The van der Waals surface area contributed by atoms with Crippen molar-refractivity contribution in [2.24, 2.45) is 0 Å². The summed E-state index contributed by atoms with van der Waals surface area (Å²) in [5.41, 5.74) is 0. The Morgan fingerprint density at radius 2 is 1.65 bits per heavy atom. The van der Waals surface area contributed by atoms with Crippen LogP contribution in [0.4, 0.5) is 0 Å². The molecular weight excluding hydrogens is 359 g/mol. The fourth-order valence-electron chi connectivity index (χ4n) is 1.72. The average Bonchev–Trinajstić information content (AvgIpc) is 2.50. The van der Waals surface area contributed by atoms with Gasteiger partial charge in [0, 0.05) is 22.5 Å². The quantitative estimate of drug-likeness (QED) is 0.339. The molecule has 2 rings (SSSR count). The lowest BCUT2D eigenvalue weighted by molar-refractivity contribution is -0.134. The van der Waals surface area contributed by atoms with Gasteiger partial charge in [0.25, 0.3) is 0 Å². The molecule has 0 aliphatic heterocycles. The molecule has 0 unspecified atom stereocenters. The Morgan fingerprint density at radius 1 is 1.00 bits per heavy atom. The maximum absolute atomic E-state index is 11.8. The number of ether oxygens (including phenoxy) is 2. The van der Waals surface area contributed by atoms with Gasteiger partial charge in [-0.1, -0.05) is 40.9 Å². The molecule has 0 heterocycles. The molecule has 120 valence electrons. The van der Waals surface area contributed by atoms with Crippen LogP contribution in [0.5, 0.6) is 17.2 Å². The van der Waals surface area contributed by atoms with Crippen molar-refractivity contribution in [3.05, 3.63) is 64.1 Å². The smallest absolute Gasteiger partial charge is 0.311 e. The number of carbonyl (C=O) groups excluding carboxylic acids is 1. The van der Waals surface area contributed by atoms with Crippen LogP contribution in [-0.2, 0) is 4.79 Å². The van der Waals surface area contributed by atoms with Crippen LogP contribution in [-0.4, -0.2) is 5.97 Å². The highest BCUT2D eigenvalue weighted by molar-refractivity contribution is 6.35. The summed E-state index contributed by atoms with van der Waals surface area (Å²) >= 11 is 17.9. The Kier molecular flexibility index (Phi) is 6.34. The van der Waals surface area contributed by atoms with E-state index in [2.05, 4.69) is 6.58 Å². The van der Waals surface area contributed by atoms with Crippen molar-refractivity contribution in [1.82, 2.24) is 0 Å². The second-order valence-corrected chi connectivity index (χ2v) is 5.85. The van der Waals surface area contributed by atoms with E-state index in [4.69, 9.17) is 44.3 Å². The highest BCUT2D eigenvalue weighted by Gasteiger charge is 2.13. The zero-order valence-electron chi connectivity index (χ0n) is 12.0. The first-order valence-electron chi connectivity index (χ1n) is 6.73. The Balaban J connectivity index is 2.24. The lowest BCUT2D eigenvalue weighted by atomic mass is 10.3. The molecule has 0 amide bonds. The van der Waals surface area contributed by atoms with Gasteiger partial charge >= 0.3 is 5.97 Å². The summed E-state index contributed by atoms with van der Waals surface area (Å²) in [5, 5.41) is 1.26. The summed E-state index contributed by atoms with van der Waals surface area (Å²) in [6, 6.07) is 9.57. The van der Waals surface area contributed by atoms with Crippen LogP contribution in [0.2, 0.25) is 15.1 Å². The summed E-state index contributed by atoms with van der Waals surface area (Å²) in [7, 11) is 0. The van der Waals surface area contributed by atoms with Crippen molar-refractivity contribution < 1.29 is 14.3 Å². The number of benzene rings is 2. The van der Waals surface area contributed by atoms with Gasteiger partial charge in [0.2, 0.25) is 0 Å². The second-order valence-electron chi connectivity index (χ2n) is 4.57. The fourth-order valence-corrected chi connectivity index (χ4v) is 2.33. The molecule has 0 N–H and O–H groups in total. The van der Waals surface area contributed by atoms with Crippen LogP contribution in [0.3, 0.4) is 0 Å². The Hall–Kier alpha value is -1.68. The SMILES string of the molecule is C=CCCC(=O)Oc1cc(Cl)ccc1Oc1ccc(Cl)cc1Cl. The number of allylic oxidation sites excluding steroid dienone is 1. The molecule has 6 heteroatoms. The summed E-state index contributed by atoms with van der Waals surface area (Å²) in [4.78, 5) is 11.8. The first-order chi connectivity index (χ1) is 11.0. The molecule has 0 atom stereocenters. The molecule has 0 aliphatic rings. The number of esters is 1. The normalized spacial score (nSPS) is 10.2. The number of carbonyl (C=O) groups is 1. The van der Waals surface area contributed by atoms with Crippen molar-refractivity contribution in [3.8, 4) is 17.2 Å². The van der Waals surface area contributed by atoms with Gasteiger partial charge in [-0.3, -0.25) is 4.79 Å². The van der Waals surface area contributed by atoms with E-state index in [0.717, 1.165) is 0 Å². The van der Waals surface area contributed by atoms with Gasteiger partial charge in [-0.05, 0) is 36.8 Å². The Morgan fingerprint density at radius 3 is 2.30 bits per heavy atom. The molecule has 0 aromatic heterocycles. The maximum atomic E-state index is 11.8. The van der Waals surface area contributed by atoms with E-state index < -0.39 is 5.97 Å². The van der Waals surface area contributed by atoms with Gasteiger partial charge in [0.15, 0.2) is 11.5 Å². The molecule has 0 saturated heterocycles. The molecule has 3 nitrogen and oxygen atoms in total. The molecule has 0 radical (unpaired) electrons. The van der Waals surface area contributed by atoms with Gasteiger partial charge in [-0.15, -0.1) is 6.58 Å². The zero-order valence-corrected chi connectivity index (χ0v) is 14.3. The van der Waals surface area contributed by atoms with Crippen LogP contribution < -0.4 is 9.47 Å². The molecule has 0 saturated carbocycles. The summed E-state index contributed by atoms with van der Waals surface area (Å²) in [6.07, 6.45) is 2.39. The van der Waals surface area contributed by atoms with Gasteiger partial charge in [-0.25, -0.2) is 0 Å². The van der Waals surface area contributed by atoms with E-state index in [0.29, 0.717) is 33.0 Å². The summed E-state index contributed by atoms with van der Waals surface area (Å²) in [5.74, 6) is 0.532. The van der Waals surface area contributed by atoms with Crippen molar-refractivity contribution in [2.75, 3.05) is 0 Å². The summed E-state index contributed by atoms with van der Waals surface area (Å²) < 4.78 is 11.0. The number of halogens is 3. The Labute approximate surface area is 149 Å². The molecule has 23 heavy (non-hydrogen) atoms. The lowest BCUT2D eigenvalue weighted by Gasteiger charge is -2.12. The van der Waals surface area contributed by atoms with Crippen molar-refractivity contribution in [1.29, 1.82) is 0 Å². The van der Waals surface area contributed by atoms with Crippen LogP contribution in [0.25, 0.3) is 0 Å². The zero-order chi connectivity index (χ0) is 16.8. The van der Waals surface area contributed by atoms with E-state index in [1.807, 2.05) is 0 Å². The van der Waals surface area contributed by atoms with Crippen molar-refractivity contribution >= 4 is 40.8 Å². The first kappa shape index (κ1) is 17.7. The standard InChI is InChI=1S/C17H13Cl3O3/c1-2-3-4-17(21)23-16-10-12(19)6-8-15(16)22-14-7-5-11(18)9-13(14)20/h2,5-10H,1,3-4H2. The molecule has 0 fully saturated rings. The minimum absolute atomic E-state index is 0.219. The minimum atomic E-state index is -0.404. The van der Waals surface area contributed by atoms with Crippen LogP contribution in [0.1, 0.15) is 12.8 Å². The van der Waals surface area contributed by atoms with E-state index in [9.17, 15) is 4.79 Å². The lowest BCUT2D eigenvalue weighted by Crippen LogP contribution is -2.07. The van der Waals surface area contributed by atoms with E-state index in [1.54, 1.807) is 36.4 Å². The van der Waals surface area contributed by atoms with Gasteiger partial charge < -0.3 is 9.47 Å². The van der Waals surface area contributed by atoms with E-state index in [1.165, 1.54) is 6.07 Å². The molecular formula is C17H13Cl3O3. The first-order valence-corrected chi connectivity index (χ1v) is 7.87. The van der Waals surface area contributed by atoms with E-state index in [-0.39, 0.29) is 12.2 Å². The highest BCUT2D eigenvalue weighted by atomic mass is 35.5. The summed E-state index contributed by atoms with van der Waals surface area (Å²) in [6.45, 7) is 3.56. The monoisotopic (exact) mass is 370 g/mol. The molecule has 2 aromatic rings.